The summed E-state index contributed by atoms with van der Waals surface area (Å²) in [6.07, 6.45) is 11.5. The second kappa shape index (κ2) is 9.81. The van der Waals surface area contributed by atoms with Gasteiger partial charge in [-0.3, -0.25) is 0 Å². The maximum atomic E-state index is 14.6. The van der Waals surface area contributed by atoms with Gasteiger partial charge in [0.25, 0.3) is 5.88 Å². The molecular weight excluding hydrogens is 397 g/mol. The average molecular weight is 428 g/mol. The summed E-state index contributed by atoms with van der Waals surface area (Å²) in [4.78, 5) is 24.1. The fourth-order valence-corrected chi connectivity index (χ4v) is 4.07. The molecule has 4 rings (SSSR count). The zero-order chi connectivity index (χ0) is 21.8. The number of hydrogen-bond acceptors (Lipinski definition) is 6. The molecule has 2 heterocycles. The zero-order valence-corrected chi connectivity index (χ0v) is 18.2. The SMILES string of the molecule is CC(=O)C[C@@H](C)COC1CCC(Oc2ncc(-c3ncc(C4CC4)cn3)cc2F)CC1. The van der Waals surface area contributed by atoms with Crippen molar-refractivity contribution in [3.63, 3.8) is 0 Å². The predicted octanol–water partition coefficient (Wildman–Crippen LogP) is 4.88. The van der Waals surface area contributed by atoms with Gasteiger partial charge in [0, 0.05) is 37.2 Å². The van der Waals surface area contributed by atoms with E-state index in [0.29, 0.717) is 30.3 Å². The molecule has 2 fully saturated rings. The molecule has 31 heavy (non-hydrogen) atoms. The third-order valence-electron chi connectivity index (χ3n) is 5.94. The van der Waals surface area contributed by atoms with Crippen LogP contribution in [0.15, 0.2) is 24.7 Å². The van der Waals surface area contributed by atoms with Gasteiger partial charge < -0.3 is 14.3 Å². The van der Waals surface area contributed by atoms with E-state index < -0.39 is 5.82 Å². The van der Waals surface area contributed by atoms with Crippen LogP contribution in [0.5, 0.6) is 5.88 Å². The molecule has 0 aromatic carbocycles. The Balaban J connectivity index is 1.26. The highest BCUT2D eigenvalue weighted by Gasteiger charge is 2.26. The van der Waals surface area contributed by atoms with Crippen molar-refractivity contribution in [1.82, 2.24) is 15.0 Å². The molecule has 2 aromatic rings. The van der Waals surface area contributed by atoms with E-state index >= 15 is 0 Å². The monoisotopic (exact) mass is 427 g/mol. The van der Waals surface area contributed by atoms with Crippen LogP contribution in [0.1, 0.15) is 70.3 Å². The molecule has 0 N–H and O–H groups in total. The second-order valence-corrected chi connectivity index (χ2v) is 8.99. The summed E-state index contributed by atoms with van der Waals surface area (Å²) in [5.74, 6) is 1.01. The standard InChI is InChI=1S/C24H30FN3O3/c1-15(9-16(2)29)14-30-20-5-7-21(8-6-20)31-24-22(25)10-18(11-28-24)23-26-12-19(13-27-23)17-3-4-17/h10-13,15,17,20-21H,3-9,14H2,1-2H3/t15-,20?,21?/m1/s1. The lowest BCUT2D eigenvalue weighted by molar-refractivity contribution is -0.118. The molecule has 0 aliphatic heterocycles. The fraction of sp³-hybridized carbons (Fsp3) is 0.583. The lowest BCUT2D eigenvalue weighted by Gasteiger charge is -2.29. The Morgan fingerprint density at radius 2 is 1.74 bits per heavy atom. The fourth-order valence-electron chi connectivity index (χ4n) is 4.07. The molecule has 7 heteroatoms. The van der Waals surface area contributed by atoms with Gasteiger partial charge in [-0.05, 0) is 68.9 Å². The highest BCUT2D eigenvalue weighted by molar-refractivity contribution is 5.75. The number of nitrogens with zero attached hydrogens (tertiary/aromatic N) is 3. The van der Waals surface area contributed by atoms with Gasteiger partial charge in [-0.2, -0.15) is 0 Å². The third kappa shape index (κ3) is 6.06. The molecule has 2 aliphatic rings. The van der Waals surface area contributed by atoms with E-state index in [1.165, 1.54) is 18.9 Å². The lowest BCUT2D eigenvalue weighted by Crippen LogP contribution is -2.30. The minimum Gasteiger partial charge on any atom is -0.472 e. The molecular formula is C24H30FN3O3. The molecule has 0 saturated heterocycles. The molecule has 2 aliphatic carbocycles. The minimum absolute atomic E-state index is 0.0257. The Hall–Kier alpha value is -2.41. The number of ether oxygens (including phenoxy) is 2. The van der Waals surface area contributed by atoms with Crippen molar-refractivity contribution in [2.24, 2.45) is 5.92 Å². The van der Waals surface area contributed by atoms with Crippen molar-refractivity contribution < 1.29 is 18.7 Å². The first-order chi connectivity index (χ1) is 15.0. The van der Waals surface area contributed by atoms with Crippen LogP contribution < -0.4 is 4.74 Å². The number of carbonyl (C=O) groups is 1. The summed E-state index contributed by atoms with van der Waals surface area (Å²) in [5, 5.41) is 0. The van der Waals surface area contributed by atoms with Crippen molar-refractivity contribution in [2.75, 3.05) is 6.61 Å². The van der Waals surface area contributed by atoms with E-state index in [1.54, 1.807) is 13.1 Å². The van der Waals surface area contributed by atoms with E-state index in [4.69, 9.17) is 9.47 Å². The van der Waals surface area contributed by atoms with Gasteiger partial charge >= 0.3 is 0 Å². The van der Waals surface area contributed by atoms with Crippen LogP contribution in [-0.2, 0) is 9.53 Å². The van der Waals surface area contributed by atoms with E-state index in [2.05, 4.69) is 15.0 Å². The molecule has 6 nitrogen and oxygen atoms in total. The number of aromatic nitrogens is 3. The first-order valence-corrected chi connectivity index (χ1v) is 11.2. The largest absolute Gasteiger partial charge is 0.472 e. The first-order valence-electron chi connectivity index (χ1n) is 11.2. The topological polar surface area (TPSA) is 74.2 Å². The maximum Gasteiger partial charge on any atom is 0.250 e. The van der Waals surface area contributed by atoms with Crippen LogP contribution in [0, 0.1) is 11.7 Å². The number of Topliss-reactive ketones (excluding diaryl/α,β-unsaturated/α-hetero) is 1. The van der Waals surface area contributed by atoms with Crippen LogP contribution in [0.2, 0.25) is 0 Å². The average Bonchev–Trinajstić information content (AvgIpc) is 3.60. The van der Waals surface area contributed by atoms with Crippen LogP contribution in [0.4, 0.5) is 4.39 Å². The number of rotatable bonds is 9. The molecule has 0 spiro atoms. The van der Waals surface area contributed by atoms with E-state index in [1.807, 2.05) is 19.3 Å². The molecule has 0 amide bonds. The molecule has 0 unspecified atom stereocenters. The summed E-state index contributed by atoms with van der Waals surface area (Å²) in [7, 11) is 0. The molecule has 0 radical (unpaired) electrons. The summed E-state index contributed by atoms with van der Waals surface area (Å²) < 4.78 is 26.4. The van der Waals surface area contributed by atoms with Gasteiger partial charge in [0.2, 0.25) is 0 Å². The smallest absolute Gasteiger partial charge is 0.250 e. The zero-order valence-electron chi connectivity index (χ0n) is 18.2. The summed E-state index contributed by atoms with van der Waals surface area (Å²) in [6.45, 7) is 4.23. The van der Waals surface area contributed by atoms with Crippen molar-refractivity contribution >= 4 is 5.78 Å². The van der Waals surface area contributed by atoms with Crippen LogP contribution in [0.3, 0.4) is 0 Å². The van der Waals surface area contributed by atoms with Gasteiger partial charge in [0.15, 0.2) is 11.6 Å². The van der Waals surface area contributed by atoms with Gasteiger partial charge in [0.1, 0.15) is 11.9 Å². The normalized spacial score (nSPS) is 22.2. The molecule has 1 atom stereocenters. The third-order valence-corrected chi connectivity index (χ3v) is 5.94. The van der Waals surface area contributed by atoms with Crippen LogP contribution in [0.25, 0.3) is 11.4 Å². The van der Waals surface area contributed by atoms with E-state index in [9.17, 15) is 9.18 Å². The number of halogens is 1. The quantitative estimate of drug-likeness (QED) is 0.568. The number of pyridine rings is 1. The Labute approximate surface area is 182 Å². The number of carbonyl (C=O) groups excluding carboxylic acids is 1. The molecule has 2 aromatic heterocycles. The Morgan fingerprint density at radius 1 is 1.06 bits per heavy atom. The van der Waals surface area contributed by atoms with E-state index in [0.717, 1.165) is 31.2 Å². The van der Waals surface area contributed by atoms with Gasteiger partial charge in [0.05, 0.1) is 6.10 Å². The van der Waals surface area contributed by atoms with Crippen molar-refractivity contribution in [2.45, 2.75) is 76.9 Å². The summed E-state index contributed by atoms with van der Waals surface area (Å²) in [5.41, 5.74) is 1.69. The Bertz CT molecular complexity index is 893. The van der Waals surface area contributed by atoms with Gasteiger partial charge in [-0.25, -0.2) is 19.3 Å². The Morgan fingerprint density at radius 3 is 2.35 bits per heavy atom. The van der Waals surface area contributed by atoms with Gasteiger partial charge in [-0.1, -0.05) is 6.92 Å². The highest BCUT2D eigenvalue weighted by atomic mass is 19.1. The number of hydrogen-bond donors (Lipinski definition) is 0. The summed E-state index contributed by atoms with van der Waals surface area (Å²) >= 11 is 0. The Kier molecular flexibility index (Phi) is 6.90. The van der Waals surface area contributed by atoms with Crippen molar-refractivity contribution in [1.29, 1.82) is 0 Å². The highest BCUT2D eigenvalue weighted by Crippen LogP contribution is 2.39. The predicted molar refractivity (Wildman–Crippen MR) is 114 cm³/mol. The van der Waals surface area contributed by atoms with Crippen LogP contribution in [-0.4, -0.2) is 39.5 Å². The van der Waals surface area contributed by atoms with E-state index in [-0.39, 0.29) is 29.8 Å². The second-order valence-electron chi connectivity index (χ2n) is 8.99. The molecule has 2 saturated carbocycles. The molecule has 166 valence electrons. The summed E-state index contributed by atoms with van der Waals surface area (Å²) in [6, 6.07) is 1.39. The van der Waals surface area contributed by atoms with Crippen molar-refractivity contribution in [3.8, 4) is 17.3 Å². The lowest BCUT2D eigenvalue weighted by atomic mass is 9.94. The molecule has 0 bridgehead atoms. The van der Waals surface area contributed by atoms with Crippen LogP contribution >= 0.6 is 0 Å². The van der Waals surface area contributed by atoms with Gasteiger partial charge in [-0.15, -0.1) is 0 Å². The maximum absolute atomic E-state index is 14.6. The number of ketones is 1. The minimum atomic E-state index is -0.496. The first kappa shape index (κ1) is 21.8. The van der Waals surface area contributed by atoms with Crippen molar-refractivity contribution in [3.05, 3.63) is 36.0 Å².